The highest BCUT2D eigenvalue weighted by Crippen LogP contribution is 2.32. The molecule has 1 aliphatic heterocycles. The van der Waals surface area contributed by atoms with E-state index in [4.69, 9.17) is 4.74 Å². The minimum Gasteiger partial charge on any atom is -0.460 e. The molecule has 0 aromatic heterocycles. The maximum absolute atomic E-state index is 5.83. The molecule has 0 spiro atoms. The Labute approximate surface area is 86.1 Å². The van der Waals surface area contributed by atoms with E-state index in [1.54, 1.807) is 7.05 Å². The molecule has 0 aromatic carbocycles. The number of rotatable bonds is 0. The lowest BCUT2D eigenvalue weighted by atomic mass is 9.99. The molecule has 0 bridgehead atoms. The van der Waals surface area contributed by atoms with E-state index < -0.39 is 0 Å². The number of aliphatic imine (C=N–C) groups is 1. The second kappa shape index (κ2) is 3.79. The molecule has 1 saturated heterocycles. The summed E-state index contributed by atoms with van der Waals surface area (Å²) in [6, 6.07) is 1.39. The van der Waals surface area contributed by atoms with E-state index in [0.29, 0.717) is 12.1 Å². The van der Waals surface area contributed by atoms with Crippen molar-refractivity contribution in [2.45, 2.75) is 44.8 Å². The van der Waals surface area contributed by atoms with Crippen molar-refractivity contribution in [3.05, 3.63) is 0 Å². The lowest BCUT2D eigenvalue weighted by Gasteiger charge is -2.21. The molecule has 0 amide bonds. The molecule has 0 radical (unpaired) electrons. The molecule has 1 aliphatic carbocycles. The zero-order chi connectivity index (χ0) is 10.1. The average molecular weight is 196 g/mol. The first-order valence-corrected chi connectivity index (χ1v) is 5.58. The first-order valence-electron chi connectivity index (χ1n) is 5.58. The molecule has 0 aromatic rings. The number of likely N-dealkylation sites (N-methyl/N-ethyl adjacent to an activating group) is 1. The molecule has 3 atom stereocenters. The number of amidine groups is 1. The highest BCUT2D eigenvalue weighted by molar-refractivity contribution is 5.76. The first kappa shape index (κ1) is 9.81. The molecule has 0 N–H and O–H groups in total. The summed E-state index contributed by atoms with van der Waals surface area (Å²) >= 11 is 0. The van der Waals surface area contributed by atoms with Crippen LogP contribution < -0.4 is 0 Å². The van der Waals surface area contributed by atoms with Crippen LogP contribution in [0.15, 0.2) is 4.99 Å². The average Bonchev–Trinajstić information content (AvgIpc) is 2.35. The van der Waals surface area contributed by atoms with Crippen LogP contribution in [0.4, 0.5) is 0 Å². The quantitative estimate of drug-likeness (QED) is 0.591. The summed E-state index contributed by atoms with van der Waals surface area (Å²) in [5.41, 5.74) is 0. The molecular formula is C11H20N2O. The third kappa shape index (κ3) is 1.60. The lowest BCUT2D eigenvalue weighted by molar-refractivity contribution is 0.179. The Morgan fingerprint density at radius 2 is 2.21 bits per heavy atom. The van der Waals surface area contributed by atoms with Gasteiger partial charge in [-0.25, -0.2) is 4.99 Å². The highest BCUT2D eigenvalue weighted by Gasteiger charge is 2.39. The number of hydrogen-bond donors (Lipinski definition) is 0. The van der Waals surface area contributed by atoms with E-state index in [2.05, 4.69) is 23.9 Å². The van der Waals surface area contributed by atoms with Crippen molar-refractivity contribution in [2.75, 3.05) is 14.1 Å². The number of nitrogens with zero attached hydrogens (tertiary/aromatic N) is 2. The fourth-order valence-electron chi connectivity index (χ4n) is 2.66. The van der Waals surface area contributed by atoms with Gasteiger partial charge < -0.3 is 9.64 Å². The highest BCUT2D eigenvalue weighted by atomic mass is 16.5. The summed E-state index contributed by atoms with van der Waals surface area (Å²) in [5, 5.41) is 0. The fraction of sp³-hybridized carbons (Fsp3) is 0.909. The van der Waals surface area contributed by atoms with E-state index in [0.717, 1.165) is 11.9 Å². The lowest BCUT2D eigenvalue weighted by Crippen LogP contribution is -2.34. The standard InChI is InChI=1S/C11H20N2O/c1-8-5-4-6-10-9(7-8)13(3)11(12-2)14-10/h8-10H,4-7H2,1-3H3/b12-11-. The van der Waals surface area contributed by atoms with Gasteiger partial charge in [-0.05, 0) is 25.2 Å². The van der Waals surface area contributed by atoms with Gasteiger partial charge in [0.05, 0.1) is 6.04 Å². The zero-order valence-electron chi connectivity index (χ0n) is 9.36. The Morgan fingerprint density at radius 1 is 1.43 bits per heavy atom. The SMILES string of the molecule is C/N=C1\OC2CCCC(C)CC2N1C. The van der Waals surface area contributed by atoms with Gasteiger partial charge in [0.2, 0.25) is 0 Å². The van der Waals surface area contributed by atoms with Crippen LogP contribution in [-0.2, 0) is 4.74 Å². The molecule has 1 heterocycles. The summed E-state index contributed by atoms with van der Waals surface area (Å²) < 4.78 is 5.83. The topological polar surface area (TPSA) is 24.8 Å². The van der Waals surface area contributed by atoms with Crippen LogP contribution in [0.5, 0.6) is 0 Å². The molecule has 2 rings (SSSR count). The predicted octanol–water partition coefficient (Wildman–Crippen LogP) is 1.88. The van der Waals surface area contributed by atoms with Gasteiger partial charge in [0, 0.05) is 14.1 Å². The Hall–Kier alpha value is -0.730. The Balaban J connectivity index is 2.13. The monoisotopic (exact) mass is 196 g/mol. The van der Waals surface area contributed by atoms with Crippen molar-refractivity contribution in [2.24, 2.45) is 10.9 Å². The smallest absolute Gasteiger partial charge is 0.287 e. The van der Waals surface area contributed by atoms with Crippen LogP contribution in [0.2, 0.25) is 0 Å². The minimum absolute atomic E-state index is 0.392. The van der Waals surface area contributed by atoms with Gasteiger partial charge in [0.15, 0.2) is 0 Å². The van der Waals surface area contributed by atoms with Crippen LogP contribution in [-0.4, -0.2) is 37.2 Å². The maximum Gasteiger partial charge on any atom is 0.287 e. The van der Waals surface area contributed by atoms with Crippen LogP contribution in [0, 0.1) is 5.92 Å². The number of ether oxygens (including phenoxy) is 1. The predicted molar refractivity (Wildman–Crippen MR) is 57.4 cm³/mol. The van der Waals surface area contributed by atoms with Crippen molar-refractivity contribution in [1.29, 1.82) is 0 Å². The van der Waals surface area contributed by atoms with Crippen molar-refractivity contribution in [3.8, 4) is 0 Å². The van der Waals surface area contributed by atoms with Gasteiger partial charge in [0.1, 0.15) is 6.10 Å². The fourth-order valence-corrected chi connectivity index (χ4v) is 2.66. The van der Waals surface area contributed by atoms with Crippen molar-refractivity contribution < 1.29 is 4.74 Å². The van der Waals surface area contributed by atoms with Crippen molar-refractivity contribution in [3.63, 3.8) is 0 Å². The van der Waals surface area contributed by atoms with E-state index >= 15 is 0 Å². The molecular weight excluding hydrogens is 176 g/mol. The summed E-state index contributed by atoms with van der Waals surface area (Å²) in [6.45, 7) is 2.34. The van der Waals surface area contributed by atoms with Gasteiger partial charge in [-0.15, -0.1) is 0 Å². The molecule has 2 aliphatic rings. The Morgan fingerprint density at radius 3 is 2.93 bits per heavy atom. The molecule has 80 valence electrons. The molecule has 3 unspecified atom stereocenters. The summed E-state index contributed by atoms with van der Waals surface area (Å²) in [6.07, 6.45) is 5.48. The largest absolute Gasteiger partial charge is 0.460 e. The number of hydrogen-bond acceptors (Lipinski definition) is 2. The van der Waals surface area contributed by atoms with Crippen LogP contribution in [0.1, 0.15) is 32.6 Å². The van der Waals surface area contributed by atoms with Gasteiger partial charge in [-0.1, -0.05) is 13.3 Å². The second-order valence-corrected chi connectivity index (χ2v) is 4.61. The van der Waals surface area contributed by atoms with Crippen molar-refractivity contribution >= 4 is 6.02 Å². The van der Waals surface area contributed by atoms with Gasteiger partial charge in [0.25, 0.3) is 6.02 Å². The second-order valence-electron chi connectivity index (χ2n) is 4.61. The normalized spacial score (nSPS) is 40.6. The van der Waals surface area contributed by atoms with Gasteiger partial charge >= 0.3 is 0 Å². The maximum atomic E-state index is 5.83. The van der Waals surface area contributed by atoms with E-state index in [9.17, 15) is 0 Å². The molecule has 3 nitrogen and oxygen atoms in total. The summed E-state index contributed by atoms with van der Waals surface area (Å²) in [7, 11) is 3.91. The molecule has 3 heteroatoms. The molecule has 14 heavy (non-hydrogen) atoms. The van der Waals surface area contributed by atoms with Crippen LogP contribution >= 0.6 is 0 Å². The van der Waals surface area contributed by atoms with Crippen molar-refractivity contribution in [1.82, 2.24) is 4.90 Å². The van der Waals surface area contributed by atoms with Crippen LogP contribution in [0.3, 0.4) is 0 Å². The number of fused-ring (bicyclic) bond motifs is 1. The van der Waals surface area contributed by atoms with E-state index in [1.165, 1.54) is 25.7 Å². The van der Waals surface area contributed by atoms with E-state index in [-0.39, 0.29) is 0 Å². The van der Waals surface area contributed by atoms with Gasteiger partial charge in [-0.3, -0.25) is 0 Å². The third-order valence-corrected chi connectivity index (χ3v) is 3.51. The zero-order valence-corrected chi connectivity index (χ0v) is 9.36. The van der Waals surface area contributed by atoms with Gasteiger partial charge in [-0.2, -0.15) is 0 Å². The Bertz CT molecular complexity index is 239. The van der Waals surface area contributed by atoms with E-state index in [1.807, 2.05) is 0 Å². The van der Waals surface area contributed by atoms with Crippen LogP contribution in [0.25, 0.3) is 0 Å². The first-order chi connectivity index (χ1) is 6.72. The molecule has 2 fully saturated rings. The summed E-state index contributed by atoms with van der Waals surface area (Å²) in [4.78, 5) is 6.38. The third-order valence-electron chi connectivity index (χ3n) is 3.51. The Kier molecular flexibility index (Phi) is 2.66. The molecule has 1 saturated carbocycles. The minimum atomic E-state index is 0.392. The summed E-state index contributed by atoms with van der Waals surface area (Å²) in [5.74, 6) is 0.826.